The average molecular weight is 275 g/mol. The molecule has 104 valence electrons. The summed E-state index contributed by atoms with van der Waals surface area (Å²) in [5.74, 6) is -1.38. The molecular formula is C12H13N5O3. The Hall–Kier alpha value is -2.74. The molecule has 2 rings (SSSR count). The molecule has 0 aliphatic carbocycles. The zero-order valence-corrected chi connectivity index (χ0v) is 10.5. The fraction of sp³-hybridized carbons (Fsp3) is 0.167. The Bertz CT molecular complexity index is 638. The first kappa shape index (κ1) is 13.7. The molecule has 0 saturated carbocycles. The number of rotatable bonds is 5. The minimum Gasteiger partial charge on any atom is -0.478 e. The highest BCUT2D eigenvalue weighted by Crippen LogP contribution is 2.10. The number of carboxylic acid groups (broad SMARTS) is 1. The Balaban J connectivity index is 2.00. The summed E-state index contributed by atoms with van der Waals surface area (Å²) in [6, 6.07) is 5.99. The molecule has 0 unspecified atom stereocenters. The van der Waals surface area contributed by atoms with Gasteiger partial charge in [0.05, 0.1) is 17.5 Å². The first-order chi connectivity index (χ1) is 9.58. The van der Waals surface area contributed by atoms with Gasteiger partial charge in [-0.05, 0) is 18.2 Å². The van der Waals surface area contributed by atoms with Gasteiger partial charge in [-0.25, -0.2) is 9.48 Å². The van der Waals surface area contributed by atoms with Gasteiger partial charge in [-0.15, -0.1) is 5.10 Å². The number of anilines is 1. The summed E-state index contributed by atoms with van der Waals surface area (Å²) in [5, 5.41) is 19.0. The molecule has 0 fully saturated rings. The van der Waals surface area contributed by atoms with Crippen LogP contribution in [-0.2, 0) is 17.9 Å². The van der Waals surface area contributed by atoms with Gasteiger partial charge >= 0.3 is 5.97 Å². The van der Waals surface area contributed by atoms with Gasteiger partial charge in [-0.1, -0.05) is 11.3 Å². The van der Waals surface area contributed by atoms with Crippen molar-refractivity contribution in [2.75, 3.05) is 5.32 Å². The van der Waals surface area contributed by atoms with Crippen LogP contribution in [0, 0.1) is 0 Å². The Morgan fingerprint density at radius 1 is 1.40 bits per heavy atom. The molecule has 20 heavy (non-hydrogen) atoms. The number of carbonyl (C=O) groups excluding carboxylic acids is 1. The van der Waals surface area contributed by atoms with Crippen LogP contribution in [0.4, 0.5) is 5.69 Å². The van der Waals surface area contributed by atoms with E-state index in [1.165, 1.54) is 16.8 Å². The van der Waals surface area contributed by atoms with Crippen LogP contribution >= 0.6 is 0 Å². The molecule has 8 nitrogen and oxygen atoms in total. The standard InChI is InChI=1S/C12H13N5O3/c13-5-10-6-17(16-15-10)7-11(18)14-9-3-1-2-8(4-9)12(19)20/h1-4,6H,5,7,13H2,(H,14,18)(H,19,20). The van der Waals surface area contributed by atoms with E-state index in [0.717, 1.165) is 0 Å². The van der Waals surface area contributed by atoms with E-state index in [-0.39, 0.29) is 24.6 Å². The second kappa shape index (κ2) is 5.93. The predicted octanol–water partition coefficient (Wildman–Crippen LogP) is 0.0737. The van der Waals surface area contributed by atoms with Crippen molar-refractivity contribution in [2.24, 2.45) is 5.73 Å². The fourth-order valence-electron chi connectivity index (χ4n) is 1.59. The molecular weight excluding hydrogens is 262 g/mol. The summed E-state index contributed by atoms with van der Waals surface area (Å²) in [7, 11) is 0. The lowest BCUT2D eigenvalue weighted by molar-refractivity contribution is -0.116. The molecule has 0 spiro atoms. The number of carbonyl (C=O) groups is 2. The lowest BCUT2D eigenvalue weighted by Gasteiger charge is -2.05. The SMILES string of the molecule is NCc1cn(CC(=O)Nc2cccc(C(=O)O)c2)nn1. The monoisotopic (exact) mass is 275 g/mol. The van der Waals surface area contributed by atoms with Gasteiger partial charge in [0.25, 0.3) is 0 Å². The molecule has 0 atom stereocenters. The second-order valence-corrected chi connectivity index (χ2v) is 4.05. The number of hydrogen-bond donors (Lipinski definition) is 3. The van der Waals surface area contributed by atoms with E-state index in [1.54, 1.807) is 18.3 Å². The van der Waals surface area contributed by atoms with E-state index in [9.17, 15) is 9.59 Å². The number of aromatic nitrogens is 3. The van der Waals surface area contributed by atoms with Crippen molar-refractivity contribution in [1.82, 2.24) is 15.0 Å². The summed E-state index contributed by atoms with van der Waals surface area (Å²) in [4.78, 5) is 22.6. The largest absolute Gasteiger partial charge is 0.478 e. The van der Waals surface area contributed by atoms with Crippen LogP contribution in [0.15, 0.2) is 30.5 Å². The molecule has 0 aliphatic heterocycles. The van der Waals surface area contributed by atoms with Crippen molar-refractivity contribution in [3.05, 3.63) is 41.7 Å². The van der Waals surface area contributed by atoms with Gasteiger partial charge in [-0.3, -0.25) is 4.79 Å². The van der Waals surface area contributed by atoms with Crippen molar-refractivity contribution in [3.63, 3.8) is 0 Å². The first-order valence-corrected chi connectivity index (χ1v) is 5.81. The van der Waals surface area contributed by atoms with E-state index in [4.69, 9.17) is 10.8 Å². The molecule has 0 aliphatic rings. The van der Waals surface area contributed by atoms with Gasteiger partial charge in [0, 0.05) is 12.2 Å². The van der Waals surface area contributed by atoms with Crippen LogP contribution in [-0.4, -0.2) is 32.0 Å². The maximum Gasteiger partial charge on any atom is 0.335 e. The van der Waals surface area contributed by atoms with Crippen molar-refractivity contribution in [1.29, 1.82) is 0 Å². The van der Waals surface area contributed by atoms with Gasteiger partial charge in [0.2, 0.25) is 5.91 Å². The molecule has 8 heteroatoms. The van der Waals surface area contributed by atoms with Gasteiger partial charge in [0.15, 0.2) is 0 Å². The minimum absolute atomic E-state index is 0.0235. The summed E-state index contributed by atoms with van der Waals surface area (Å²) >= 11 is 0. The molecule has 0 saturated heterocycles. The minimum atomic E-state index is -1.05. The first-order valence-electron chi connectivity index (χ1n) is 5.81. The van der Waals surface area contributed by atoms with E-state index in [0.29, 0.717) is 11.4 Å². The molecule has 1 aromatic heterocycles. The highest BCUT2D eigenvalue weighted by atomic mass is 16.4. The molecule has 1 amide bonds. The number of nitrogens with zero attached hydrogens (tertiary/aromatic N) is 3. The quantitative estimate of drug-likeness (QED) is 0.709. The summed E-state index contributed by atoms with van der Waals surface area (Å²) in [5.41, 5.74) is 6.50. The Kier molecular flexibility index (Phi) is 4.06. The molecule has 0 radical (unpaired) electrons. The zero-order valence-electron chi connectivity index (χ0n) is 10.5. The number of aromatic carboxylic acids is 1. The number of nitrogens with one attached hydrogen (secondary N) is 1. The Morgan fingerprint density at radius 2 is 2.20 bits per heavy atom. The third-order valence-corrected chi connectivity index (χ3v) is 2.49. The zero-order chi connectivity index (χ0) is 14.5. The Morgan fingerprint density at radius 3 is 2.85 bits per heavy atom. The summed E-state index contributed by atoms with van der Waals surface area (Å²) in [6.07, 6.45) is 1.58. The normalized spacial score (nSPS) is 10.2. The molecule has 2 aromatic rings. The van der Waals surface area contributed by atoms with Crippen LogP contribution in [0.5, 0.6) is 0 Å². The van der Waals surface area contributed by atoms with Crippen molar-refractivity contribution < 1.29 is 14.7 Å². The number of carboxylic acids is 1. The smallest absolute Gasteiger partial charge is 0.335 e. The number of benzene rings is 1. The summed E-state index contributed by atoms with van der Waals surface area (Å²) < 4.78 is 1.36. The highest BCUT2D eigenvalue weighted by molar-refractivity contribution is 5.93. The number of nitrogens with two attached hydrogens (primary N) is 1. The van der Waals surface area contributed by atoms with E-state index < -0.39 is 5.97 Å². The van der Waals surface area contributed by atoms with Crippen molar-refractivity contribution in [2.45, 2.75) is 13.1 Å². The second-order valence-electron chi connectivity index (χ2n) is 4.05. The van der Waals surface area contributed by atoms with E-state index in [1.807, 2.05) is 0 Å². The topological polar surface area (TPSA) is 123 Å². The average Bonchev–Trinajstić information content (AvgIpc) is 2.86. The van der Waals surface area contributed by atoms with E-state index in [2.05, 4.69) is 15.6 Å². The van der Waals surface area contributed by atoms with Crippen LogP contribution in [0.1, 0.15) is 16.1 Å². The van der Waals surface area contributed by atoms with Crippen LogP contribution in [0.3, 0.4) is 0 Å². The molecule has 0 bridgehead atoms. The maximum absolute atomic E-state index is 11.8. The molecule has 1 heterocycles. The van der Waals surface area contributed by atoms with Crippen molar-refractivity contribution in [3.8, 4) is 0 Å². The molecule has 4 N–H and O–H groups in total. The predicted molar refractivity (Wildman–Crippen MR) is 69.9 cm³/mol. The Labute approximate surface area is 114 Å². The lowest BCUT2D eigenvalue weighted by atomic mass is 10.2. The lowest BCUT2D eigenvalue weighted by Crippen LogP contribution is -2.19. The van der Waals surface area contributed by atoms with Gasteiger partial charge < -0.3 is 16.2 Å². The van der Waals surface area contributed by atoms with Gasteiger partial charge in [-0.2, -0.15) is 0 Å². The molecule has 1 aromatic carbocycles. The third-order valence-electron chi connectivity index (χ3n) is 2.49. The van der Waals surface area contributed by atoms with E-state index >= 15 is 0 Å². The fourth-order valence-corrected chi connectivity index (χ4v) is 1.59. The van der Waals surface area contributed by atoms with Gasteiger partial charge in [0.1, 0.15) is 6.54 Å². The van der Waals surface area contributed by atoms with Crippen LogP contribution < -0.4 is 11.1 Å². The third kappa shape index (κ3) is 3.39. The highest BCUT2D eigenvalue weighted by Gasteiger charge is 2.08. The maximum atomic E-state index is 11.8. The summed E-state index contributed by atoms with van der Waals surface area (Å²) in [6.45, 7) is 0.229. The van der Waals surface area contributed by atoms with Crippen LogP contribution in [0.2, 0.25) is 0 Å². The number of amides is 1. The van der Waals surface area contributed by atoms with Crippen molar-refractivity contribution >= 4 is 17.6 Å². The van der Waals surface area contributed by atoms with Crippen LogP contribution in [0.25, 0.3) is 0 Å². The number of hydrogen-bond acceptors (Lipinski definition) is 5.